The Morgan fingerprint density at radius 2 is 1.95 bits per heavy atom. The monoisotopic (exact) mass is 273 g/mol. The van der Waals surface area contributed by atoms with Gasteiger partial charge in [-0.2, -0.15) is 0 Å². The predicted octanol–water partition coefficient (Wildman–Crippen LogP) is 3.77. The number of hydrogen-bond donors (Lipinski definition) is 1. The standard InChI is InChI=1S/C18H27NO/c1-15-9-10-16-7-3-4-8-17(16)19(15)13-18(14-20)11-5-2-6-12-18/h3-4,7-8,15,20H,2,5-6,9-14H2,1H3. The van der Waals surface area contributed by atoms with E-state index in [1.165, 1.54) is 56.2 Å². The molecule has 3 rings (SSSR count). The van der Waals surface area contributed by atoms with Gasteiger partial charge in [-0.1, -0.05) is 37.5 Å². The zero-order chi connectivity index (χ0) is 14.0. The van der Waals surface area contributed by atoms with Crippen LogP contribution in [0.3, 0.4) is 0 Å². The SMILES string of the molecule is CC1CCc2ccccc2N1CC1(CO)CCCCC1. The van der Waals surface area contributed by atoms with Crippen LogP contribution in [0.5, 0.6) is 0 Å². The molecule has 1 fully saturated rings. The van der Waals surface area contributed by atoms with Crippen molar-refractivity contribution in [2.24, 2.45) is 5.41 Å². The summed E-state index contributed by atoms with van der Waals surface area (Å²) in [4.78, 5) is 2.57. The Morgan fingerprint density at radius 1 is 1.20 bits per heavy atom. The summed E-state index contributed by atoms with van der Waals surface area (Å²) in [5.41, 5.74) is 3.02. The van der Waals surface area contributed by atoms with Crippen LogP contribution in [0.4, 0.5) is 5.69 Å². The van der Waals surface area contributed by atoms with E-state index >= 15 is 0 Å². The van der Waals surface area contributed by atoms with Gasteiger partial charge in [0.2, 0.25) is 0 Å². The lowest BCUT2D eigenvalue weighted by Gasteiger charge is -2.45. The van der Waals surface area contributed by atoms with Crippen LogP contribution in [0.1, 0.15) is 51.0 Å². The van der Waals surface area contributed by atoms with Gasteiger partial charge in [-0.25, -0.2) is 0 Å². The molecule has 0 spiro atoms. The minimum Gasteiger partial charge on any atom is -0.396 e. The quantitative estimate of drug-likeness (QED) is 0.906. The van der Waals surface area contributed by atoms with Crippen LogP contribution in [0.2, 0.25) is 0 Å². The van der Waals surface area contributed by atoms with E-state index in [2.05, 4.69) is 36.1 Å². The van der Waals surface area contributed by atoms with E-state index in [-0.39, 0.29) is 5.41 Å². The van der Waals surface area contributed by atoms with E-state index in [1.54, 1.807) is 0 Å². The van der Waals surface area contributed by atoms with Crippen LogP contribution in [0.25, 0.3) is 0 Å². The molecule has 110 valence electrons. The Hall–Kier alpha value is -1.02. The summed E-state index contributed by atoms with van der Waals surface area (Å²) in [7, 11) is 0. The molecule has 0 saturated heterocycles. The zero-order valence-electron chi connectivity index (χ0n) is 12.6. The van der Waals surface area contributed by atoms with E-state index in [0.29, 0.717) is 12.6 Å². The van der Waals surface area contributed by atoms with Crippen molar-refractivity contribution >= 4 is 5.69 Å². The van der Waals surface area contributed by atoms with Crippen molar-refractivity contribution in [2.75, 3.05) is 18.1 Å². The minimum absolute atomic E-state index is 0.136. The average Bonchev–Trinajstić information content (AvgIpc) is 2.51. The molecule has 1 heterocycles. The molecule has 1 N–H and O–H groups in total. The van der Waals surface area contributed by atoms with Gasteiger partial charge in [0.1, 0.15) is 0 Å². The van der Waals surface area contributed by atoms with Crippen molar-refractivity contribution in [3.8, 4) is 0 Å². The highest BCUT2D eigenvalue weighted by Crippen LogP contribution is 2.40. The van der Waals surface area contributed by atoms with E-state index < -0.39 is 0 Å². The van der Waals surface area contributed by atoms with E-state index in [4.69, 9.17) is 0 Å². The number of benzene rings is 1. The van der Waals surface area contributed by atoms with Crippen LogP contribution in [0.15, 0.2) is 24.3 Å². The first kappa shape index (κ1) is 13.9. The number of hydrogen-bond acceptors (Lipinski definition) is 2. The predicted molar refractivity (Wildman–Crippen MR) is 84.2 cm³/mol. The summed E-state index contributed by atoms with van der Waals surface area (Å²) in [5.74, 6) is 0. The molecule has 2 heteroatoms. The summed E-state index contributed by atoms with van der Waals surface area (Å²) < 4.78 is 0. The molecule has 0 amide bonds. The fourth-order valence-electron chi connectivity index (χ4n) is 4.03. The molecule has 0 bridgehead atoms. The molecule has 1 atom stereocenters. The molecule has 20 heavy (non-hydrogen) atoms. The number of aliphatic hydroxyl groups is 1. The van der Waals surface area contributed by atoms with Gasteiger partial charge in [-0.3, -0.25) is 0 Å². The summed E-state index contributed by atoms with van der Waals surface area (Å²) in [5, 5.41) is 9.98. The van der Waals surface area contributed by atoms with Crippen LogP contribution < -0.4 is 4.90 Å². The number of rotatable bonds is 3. The second-order valence-electron chi connectivity index (χ2n) is 6.86. The molecule has 2 nitrogen and oxygen atoms in total. The highest BCUT2D eigenvalue weighted by molar-refractivity contribution is 5.56. The first-order chi connectivity index (χ1) is 9.74. The fraction of sp³-hybridized carbons (Fsp3) is 0.667. The second kappa shape index (κ2) is 5.77. The van der Waals surface area contributed by atoms with Gasteiger partial charge in [0.15, 0.2) is 0 Å². The number of nitrogens with zero attached hydrogens (tertiary/aromatic N) is 1. The number of aryl methyl sites for hydroxylation is 1. The maximum absolute atomic E-state index is 9.98. The van der Waals surface area contributed by atoms with Crippen LogP contribution in [0, 0.1) is 5.41 Å². The van der Waals surface area contributed by atoms with Crippen molar-refractivity contribution in [3.63, 3.8) is 0 Å². The van der Waals surface area contributed by atoms with Gasteiger partial charge in [0.05, 0.1) is 6.61 Å². The Kier molecular flexibility index (Phi) is 4.02. The molecule has 0 aromatic heterocycles. The Bertz CT molecular complexity index is 450. The average molecular weight is 273 g/mol. The van der Waals surface area contributed by atoms with E-state index in [0.717, 1.165) is 6.54 Å². The van der Waals surface area contributed by atoms with Gasteiger partial charge >= 0.3 is 0 Å². The summed E-state index contributed by atoms with van der Waals surface area (Å²) in [6.07, 6.45) is 8.71. The molecule has 1 aromatic rings. The first-order valence-electron chi connectivity index (χ1n) is 8.19. The van der Waals surface area contributed by atoms with Crippen molar-refractivity contribution < 1.29 is 5.11 Å². The zero-order valence-corrected chi connectivity index (χ0v) is 12.6. The summed E-state index contributed by atoms with van der Waals surface area (Å²) in [6.45, 7) is 3.71. The maximum Gasteiger partial charge on any atom is 0.0504 e. The molecule has 1 aromatic carbocycles. The molecule has 0 radical (unpaired) electrons. The van der Waals surface area contributed by atoms with Gasteiger partial charge < -0.3 is 10.0 Å². The molecule has 1 aliphatic carbocycles. The van der Waals surface area contributed by atoms with Gasteiger partial charge in [0, 0.05) is 23.7 Å². The van der Waals surface area contributed by atoms with E-state index in [1.807, 2.05) is 0 Å². The second-order valence-corrected chi connectivity index (χ2v) is 6.86. The Morgan fingerprint density at radius 3 is 2.70 bits per heavy atom. The lowest BCUT2D eigenvalue weighted by molar-refractivity contribution is 0.0858. The fourth-order valence-corrected chi connectivity index (χ4v) is 4.03. The molecule has 1 saturated carbocycles. The van der Waals surface area contributed by atoms with Crippen molar-refractivity contribution in [1.82, 2.24) is 0 Å². The lowest BCUT2D eigenvalue weighted by atomic mass is 9.73. The highest BCUT2D eigenvalue weighted by atomic mass is 16.3. The minimum atomic E-state index is 0.136. The van der Waals surface area contributed by atoms with Crippen molar-refractivity contribution in [3.05, 3.63) is 29.8 Å². The smallest absolute Gasteiger partial charge is 0.0504 e. The maximum atomic E-state index is 9.98. The Labute approximate surface area is 122 Å². The van der Waals surface area contributed by atoms with Crippen LogP contribution in [-0.2, 0) is 6.42 Å². The van der Waals surface area contributed by atoms with Crippen LogP contribution >= 0.6 is 0 Å². The molecule has 2 aliphatic rings. The van der Waals surface area contributed by atoms with Gasteiger partial charge in [-0.05, 0) is 44.2 Å². The molecular weight excluding hydrogens is 246 g/mol. The number of para-hydroxylation sites is 1. The molecular formula is C18H27NO. The van der Waals surface area contributed by atoms with Crippen molar-refractivity contribution in [1.29, 1.82) is 0 Å². The van der Waals surface area contributed by atoms with E-state index in [9.17, 15) is 5.11 Å². The first-order valence-corrected chi connectivity index (χ1v) is 8.19. The third kappa shape index (κ3) is 2.58. The molecule has 1 unspecified atom stereocenters. The Balaban J connectivity index is 1.85. The third-order valence-corrected chi connectivity index (χ3v) is 5.42. The van der Waals surface area contributed by atoms with Crippen molar-refractivity contribution in [2.45, 2.75) is 57.9 Å². The summed E-state index contributed by atoms with van der Waals surface area (Å²) in [6, 6.07) is 9.42. The normalized spacial score (nSPS) is 25.3. The molecule has 1 aliphatic heterocycles. The highest BCUT2D eigenvalue weighted by Gasteiger charge is 2.36. The summed E-state index contributed by atoms with van der Waals surface area (Å²) >= 11 is 0. The van der Waals surface area contributed by atoms with Gasteiger partial charge in [-0.15, -0.1) is 0 Å². The third-order valence-electron chi connectivity index (χ3n) is 5.42. The topological polar surface area (TPSA) is 23.5 Å². The largest absolute Gasteiger partial charge is 0.396 e. The van der Waals surface area contributed by atoms with Gasteiger partial charge in [0.25, 0.3) is 0 Å². The lowest BCUT2D eigenvalue weighted by Crippen LogP contribution is -2.47. The number of anilines is 1. The van der Waals surface area contributed by atoms with Crippen LogP contribution in [-0.4, -0.2) is 24.3 Å². The number of fused-ring (bicyclic) bond motifs is 1. The number of aliphatic hydroxyl groups excluding tert-OH is 1.